The average molecular weight is 386 g/mol. The molecule has 1 aromatic rings. The van der Waals surface area contributed by atoms with Crippen LogP contribution >= 0.6 is 0 Å². The van der Waals surface area contributed by atoms with Crippen molar-refractivity contribution in [2.75, 3.05) is 25.5 Å². The molecule has 5 nitrogen and oxygen atoms in total. The summed E-state index contributed by atoms with van der Waals surface area (Å²) in [6, 6.07) is 5.00. The van der Waals surface area contributed by atoms with Crippen LogP contribution in [0.15, 0.2) is 24.3 Å². The highest BCUT2D eigenvalue weighted by Crippen LogP contribution is 2.34. The third-order valence-corrected chi connectivity index (χ3v) is 4.89. The van der Waals surface area contributed by atoms with E-state index in [1.54, 1.807) is 7.05 Å². The first-order valence-corrected chi connectivity index (χ1v) is 9.23. The topological polar surface area (TPSA) is 62.6 Å². The summed E-state index contributed by atoms with van der Waals surface area (Å²) in [4.78, 5) is 24.9. The van der Waals surface area contributed by atoms with E-state index in [0.29, 0.717) is 10.8 Å². The van der Waals surface area contributed by atoms with Crippen LogP contribution in [0.1, 0.15) is 38.2 Å². The second kappa shape index (κ2) is 9.21. The number of nitrogens with one attached hydrogen (secondary N) is 3. The molecule has 0 saturated heterocycles. The molecule has 0 heterocycles. The smallest absolute Gasteiger partial charge is 0.348 e. The van der Waals surface area contributed by atoms with Gasteiger partial charge < -0.3 is 15.5 Å². The molecule has 1 aliphatic carbocycles. The van der Waals surface area contributed by atoms with Gasteiger partial charge in [0.2, 0.25) is 0 Å². The van der Waals surface area contributed by atoms with Gasteiger partial charge in [-0.15, -0.1) is 0 Å². The maximum Gasteiger partial charge on any atom is 0.418 e. The van der Waals surface area contributed by atoms with E-state index in [0.717, 1.165) is 25.3 Å². The lowest BCUT2D eigenvalue weighted by Crippen LogP contribution is -3.11. The van der Waals surface area contributed by atoms with E-state index in [-0.39, 0.29) is 30.7 Å². The SMILES string of the molecule is C[C@@H]1CCCC[C@@H]1NC(=O)C[NH+](C)CC(=O)Nc1ccccc1C(F)(F)F. The largest absolute Gasteiger partial charge is 0.418 e. The molecule has 150 valence electrons. The van der Waals surface area contributed by atoms with Crippen molar-refractivity contribution in [3.63, 3.8) is 0 Å². The van der Waals surface area contributed by atoms with Gasteiger partial charge >= 0.3 is 6.18 Å². The molecule has 2 rings (SSSR count). The summed E-state index contributed by atoms with van der Waals surface area (Å²) in [5.41, 5.74) is -1.16. The van der Waals surface area contributed by atoms with E-state index >= 15 is 0 Å². The van der Waals surface area contributed by atoms with Crippen LogP contribution in [0.5, 0.6) is 0 Å². The lowest BCUT2D eigenvalue weighted by Gasteiger charge is -2.29. The summed E-state index contributed by atoms with van der Waals surface area (Å²) < 4.78 is 38.9. The third-order valence-electron chi connectivity index (χ3n) is 4.89. The normalized spacial score (nSPS) is 21.4. The number of hydrogen-bond acceptors (Lipinski definition) is 2. The Hall–Kier alpha value is -2.09. The Morgan fingerprint density at radius 3 is 2.41 bits per heavy atom. The number of likely N-dealkylation sites (N-methyl/N-ethyl adjacent to an activating group) is 1. The minimum Gasteiger partial charge on any atom is -0.348 e. The Balaban J connectivity index is 1.84. The van der Waals surface area contributed by atoms with E-state index in [9.17, 15) is 22.8 Å². The van der Waals surface area contributed by atoms with Gasteiger partial charge in [0.15, 0.2) is 13.1 Å². The van der Waals surface area contributed by atoms with E-state index in [4.69, 9.17) is 0 Å². The molecular weight excluding hydrogens is 359 g/mol. The van der Waals surface area contributed by atoms with Crippen molar-refractivity contribution in [3.05, 3.63) is 29.8 Å². The van der Waals surface area contributed by atoms with E-state index < -0.39 is 17.6 Å². The van der Waals surface area contributed by atoms with Crippen molar-refractivity contribution in [1.82, 2.24) is 5.32 Å². The first-order chi connectivity index (χ1) is 12.7. The first-order valence-electron chi connectivity index (χ1n) is 9.23. The van der Waals surface area contributed by atoms with Crippen LogP contribution in [0.2, 0.25) is 0 Å². The van der Waals surface area contributed by atoms with Crippen LogP contribution in [-0.4, -0.2) is 38.0 Å². The Kier molecular flexibility index (Phi) is 7.24. The predicted octanol–water partition coefficient (Wildman–Crippen LogP) is 1.85. The van der Waals surface area contributed by atoms with Crippen molar-refractivity contribution in [3.8, 4) is 0 Å². The van der Waals surface area contributed by atoms with Crippen LogP contribution < -0.4 is 15.5 Å². The molecule has 8 heteroatoms. The molecule has 0 aromatic heterocycles. The number of hydrogen-bond donors (Lipinski definition) is 3. The second-order valence-corrected chi connectivity index (χ2v) is 7.34. The Labute approximate surface area is 157 Å². The highest BCUT2D eigenvalue weighted by atomic mass is 19.4. The molecular formula is C19H27F3N3O2+. The van der Waals surface area contributed by atoms with Gasteiger partial charge in [-0.25, -0.2) is 0 Å². The number of para-hydroxylation sites is 1. The average Bonchev–Trinajstić information content (AvgIpc) is 2.56. The molecule has 2 amide bonds. The van der Waals surface area contributed by atoms with Crippen molar-refractivity contribution in [1.29, 1.82) is 0 Å². The van der Waals surface area contributed by atoms with Gasteiger partial charge in [0.1, 0.15) is 0 Å². The van der Waals surface area contributed by atoms with Crippen molar-refractivity contribution >= 4 is 17.5 Å². The molecule has 0 radical (unpaired) electrons. The molecule has 3 atom stereocenters. The fourth-order valence-electron chi connectivity index (χ4n) is 3.43. The van der Waals surface area contributed by atoms with Crippen LogP contribution in [0.3, 0.4) is 0 Å². The molecule has 1 aromatic carbocycles. The molecule has 1 fully saturated rings. The quantitative estimate of drug-likeness (QED) is 0.699. The maximum atomic E-state index is 13.0. The highest BCUT2D eigenvalue weighted by molar-refractivity contribution is 5.92. The zero-order valence-electron chi connectivity index (χ0n) is 15.7. The zero-order chi connectivity index (χ0) is 20.0. The predicted molar refractivity (Wildman–Crippen MR) is 96.3 cm³/mol. The number of amides is 2. The minimum atomic E-state index is -4.54. The fourth-order valence-corrected chi connectivity index (χ4v) is 3.43. The third kappa shape index (κ3) is 6.53. The fraction of sp³-hybridized carbons (Fsp3) is 0.579. The summed E-state index contributed by atoms with van der Waals surface area (Å²) in [5.74, 6) is -0.275. The van der Waals surface area contributed by atoms with Crippen molar-refractivity contribution in [2.45, 2.75) is 44.8 Å². The Morgan fingerprint density at radius 1 is 1.11 bits per heavy atom. The molecule has 0 aliphatic heterocycles. The molecule has 0 bridgehead atoms. The minimum absolute atomic E-state index is 0.0948. The standard InChI is InChI=1S/C19H26F3N3O2/c1-13-7-3-5-9-15(13)23-17(26)11-25(2)12-18(27)24-16-10-6-4-8-14(16)19(20,21)22/h4,6,8,10,13,15H,3,5,7,9,11-12H2,1-2H3,(H,23,26)(H,24,27)/p+1/t13-,15+/m1/s1. The van der Waals surface area contributed by atoms with Crippen LogP contribution in [0.25, 0.3) is 0 Å². The van der Waals surface area contributed by atoms with Crippen LogP contribution in [0.4, 0.5) is 18.9 Å². The molecule has 1 saturated carbocycles. The second-order valence-electron chi connectivity index (χ2n) is 7.34. The first kappa shape index (κ1) is 21.2. The number of carbonyl (C=O) groups excluding carboxylic acids is 2. The highest BCUT2D eigenvalue weighted by Gasteiger charge is 2.33. The van der Waals surface area contributed by atoms with Crippen molar-refractivity contribution < 1.29 is 27.7 Å². The van der Waals surface area contributed by atoms with E-state index in [1.165, 1.54) is 24.6 Å². The molecule has 1 unspecified atom stereocenters. The van der Waals surface area contributed by atoms with Gasteiger partial charge in [-0.2, -0.15) is 13.2 Å². The summed E-state index contributed by atoms with van der Waals surface area (Å²) in [5, 5.41) is 5.31. The Bertz CT molecular complexity index is 664. The number of halogens is 3. The number of quaternary nitrogens is 1. The van der Waals surface area contributed by atoms with Crippen LogP contribution in [0, 0.1) is 5.92 Å². The molecule has 27 heavy (non-hydrogen) atoms. The Morgan fingerprint density at radius 2 is 1.74 bits per heavy atom. The van der Waals surface area contributed by atoms with Crippen molar-refractivity contribution in [2.24, 2.45) is 5.92 Å². The monoisotopic (exact) mass is 386 g/mol. The number of rotatable bonds is 6. The van der Waals surface area contributed by atoms with Crippen LogP contribution in [-0.2, 0) is 15.8 Å². The molecule has 1 aliphatic rings. The van der Waals surface area contributed by atoms with Gasteiger partial charge in [-0.1, -0.05) is 31.9 Å². The summed E-state index contributed by atoms with van der Waals surface area (Å²) >= 11 is 0. The number of benzene rings is 1. The van der Waals surface area contributed by atoms with E-state index in [1.807, 2.05) is 0 Å². The van der Waals surface area contributed by atoms with Gasteiger partial charge in [-0.3, -0.25) is 9.59 Å². The molecule has 0 spiro atoms. The van der Waals surface area contributed by atoms with E-state index in [2.05, 4.69) is 17.6 Å². The van der Waals surface area contributed by atoms with Gasteiger partial charge in [0.25, 0.3) is 11.8 Å². The zero-order valence-corrected chi connectivity index (χ0v) is 15.7. The maximum absolute atomic E-state index is 13.0. The number of carbonyl (C=O) groups is 2. The van der Waals surface area contributed by atoms with Gasteiger partial charge in [0, 0.05) is 6.04 Å². The molecule has 3 N–H and O–H groups in total. The summed E-state index contributed by atoms with van der Waals surface area (Å²) in [6.07, 6.45) is -0.216. The van der Waals surface area contributed by atoms with Gasteiger partial charge in [0.05, 0.1) is 18.3 Å². The summed E-state index contributed by atoms with van der Waals surface area (Å²) in [6.45, 7) is 2.11. The number of alkyl halides is 3. The van der Waals surface area contributed by atoms with Gasteiger partial charge in [-0.05, 0) is 30.9 Å². The lowest BCUT2D eigenvalue weighted by atomic mass is 9.86. The lowest BCUT2D eigenvalue weighted by molar-refractivity contribution is -0.862. The number of anilines is 1. The summed E-state index contributed by atoms with van der Waals surface area (Å²) in [7, 11) is 1.67.